The molecule has 4 saturated heterocycles. The standard InChI is InChI=1S/C61H81N15O22S6/c1-27-49(85)71-43-26-104-103-23-40-54(90)67-34(14-15-47(83)84)50(86)68-35(17-30-6-10-32(79)11-7-30)51(87)72-42(25-102-100-22-39(66-46(82)20-63-59(95)48(28(2)77)75-57(43)93)53(89)70-37(61(97)98)18-31-8-12-33(80)13-9-31)56(92)74-41(24-101-99-21-38(52(88)73-40)65-29(3)78)55(91)69-36(19-45(62)81)60(96)76-16-4-5-44(76)58(94)64-27/h6-13,27-28,34-44,48,77,79-80H,4-5,14-26H2,1-3H3,(H2,62,81)(H,63,95)(H,64,94)(H,65,78)(H,66,82)(H,67,90)(H,68,86)(H,69,91)(H,70,89)(H,71,85)(H,72,87)(H,73,88)(H,74,92)(H,75,93)(H,83,84)(H,97,98)/t27-,28+,34-,35-,36-,37-,38-,39-,40-,41-,42-,43-,44-,48-/m0/s1. The molecule has 43 heteroatoms. The molecule has 0 aliphatic carbocycles. The predicted molar refractivity (Wildman–Crippen MR) is 381 cm³/mol. The maximum absolute atomic E-state index is 15.2. The lowest BCUT2D eigenvalue weighted by molar-refractivity contribution is -0.143. The minimum atomic E-state index is -1.95. The molecular formula is C61H81N15O22S6. The van der Waals surface area contributed by atoms with Crippen molar-refractivity contribution in [3.63, 3.8) is 0 Å². The van der Waals surface area contributed by atoms with Gasteiger partial charge in [0, 0.05) is 67.2 Å². The SMILES string of the molecule is CC(=O)N[C@H]1CSSC[C@@H]2NC(=O)[C@@H]3CSSC[C@@H](C(=O)N[C@@H](Cc4ccc(O)cc4)C(=O)O)NC(=O)CNC(=O)[C@H]([C@@H](C)O)NC(=O)[C@H](CSSC[C@H](NC1=O)C(=O)N[C@@H](CCC(=O)O)C(=O)N[C@@H](Cc1ccc(O)cc1)C(=O)N3)NC(=O)[C@H](C)NC(=O)[C@@H]1CCCN1C(=O)[C@H](CC(N)=O)NC2=O. The number of hydrogen-bond acceptors (Lipinski definition) is 26. The van der Waals surface area contributed by atoms with Crippen LogP contribution in [0.1, 0.15) is 64.0 Å². The van der Waals surface area contributed by atoms with Gasteiger partial charge in [0.05, 0.1) is 19.1 Å². The van der Waals surface area contributed by atoms with Gasteiger partial charge in [-0.1, -0.05) is 89.0 Å². The molecule has 15 amide bonds. The number of fused-ring (bicyclic) bond motifs is 20. The summed E-state index contributed by atoms with van der Waals surface area (Å²) in [6.07, 6.45) is -4.88. The Bertz CT molecular complexity index is 3530. The summed E-state index contributed by atoms with van der Waals surface area (Å²) in [6, 6.07) is -12.2. The number of phenolic OH excluding ortho intramolecular Hbond substituents is 2. The number of hydrogen-bond donors (Lipinski definition) is 19. The third-order valence-electron chi connectivity index (χ3n) is 15.9. The molecule has 568 valence electrons. The van der Waals surface area contributed by atoms with E-state index >= 15 is 9.59 Å². The molecule has 4 heterocycles. The number of aromatic hydroxyl groups is 2. The highest BCUT2D eigenvalue weighted by molar-refractivity contribution is 8.77. The van der Waals surface area contributed by atoms with Crippen LogP contribution in [0.25, 0.3) is 0 Å². The number of nitrogens with zero attached hydrogens (tertiary/aromatic N) is 1. The lowest BCUT2D eigenvalue weighted by atomic mass is 10.0. The summed E-state index contributed by atoms with van der Waals surface area (Å²) in [5.41, 5.74) is 6.24. The van der Waals surface area contributed by atoms with Gasteiger partial charge in [0.1, 0.15) is 90.0 Å². The van der Waals surface area contributed by atoms with Crippen molar-refractivity contribution < 1.29 is 107 Å². The number of amides is 15. The Kier molecular flexibility index (Phi) is 33.1. The molecule has 0 unspecified atom stereocenters. The number of nitrogens with one attached hydrogen (secondary N) is 13. The Morgan fingerprint density at radius 2 is 1.07 bits per heavy atom. The van der Waals surface area contributed by atoms with Crippen LogP contribution in [0, 0.1) is 0 Å². The Morgan fingerprint density at radius 3 is 1.62 bits per heavy atom. The second kappa shape index (κ2) is 41.0. The van der Waals surface area contributed by atoms with Crippen LogP contribution in [-0.4, -0.2) is 263 Å². The zero-order chi connectivity index (χ0) is 76.5. The zero-order valence-corrected chi connectivity index (χ0v) is 60.9. The first-order valence-electron chi connectivity index (χ1n) is 32.2. The molecule has 4 aliphatic heterocycles. The van der Waals surface area contributed by atoms with Crippen molar-refractivity contribution in [3.05, 3.63) is 59.7 Å². The van der Waals surface area contributed by atoms with Gasteiger partial charge in [-0.15, -0.1) is 0 Å². The van der Waals surface area contributed by atoms with Crippen molar-refractivity contribution in [1.82, 2.24) is 74.0 Å². The van der Waals surface area contributed by atoms with Crippen LogP contribution in [0.15, 0.2) is 48.5 Å². The highest BCUT2D eigenvalue weighted by atomic mass is 33.1. The zero-order valence-electron chi connectivity index (χ0n) is 56.0. The Morgan fingerprint density at radius 1 is 0.577 bits per heavy atom. The Labute approximate surface area is 617 Å². The van der Waals surface area contributed by atoms with Crippen molar-refractivity contribution in [2.75, 3.05) is 47.6 Å². The number of phenols is 2. The van der Waals surface area contributed by atoms with Crippen LogP contribution in [-0.2, 0) is 94.3 Å². The molecule has 0 radical (unpaired) electrons. The normalized spacial score (nSPS) is 26.8. The number of primary amides is 1. The Hall–Kier alpha value is -8.91. The maximum Gasteiger partial charge on any atom is 0.326 e. The first kappa shape index (κ1) is 84.0. The molecule has 14 atom stereocenters. The van der Waals surface area contributed by atoms with Gasteiger partial charge in [-0.05, 0) is 68.5 Å². The summed E-state index contributed by atoms with van der Waals surface area (Å²) in [4.78, 5) is 241. The van der Waals surface area contributed by atoms with Crippen LogP contribution in [0.4, 0.5) is 0 Å². The number of carboxylic acids is 2. The number of aliphatic hydroxyl groups excluding tert-OH is 1. The Balaban J connectivity index is 1.58. The van der Waals surface area contributed by atoms with Gasteiger partial charge in [-0.3, -0.25) is 76.7 Å². The molecule has 0 saturated carbocycles. The molecule has 37 nitrogen and oxygen atoms in total. The van der Waals surface area contributed by atoms with E-state index in [-0.39, 0.29) is 48.6 Å². The fourth-order valence-electron chi connectivity index (χ4n) is 10.4. The van der Waals surface area contributed by atoms with Crippen molar-refractivity contribution in [1.29, 1.82) is 0 Å². The number of carbonyl (C=O) groups is 17. The van der Waals surface area contributed by atoms with Crippen molar-refractivity contribution in [3.8, 4) is 11.5 Å². The average molecular weight is 1570 g/mol. The van der Waals surface area contributed by atoms with Crippen LogP contribution in [0.3, 0.4) is 0 Å². The van der Waals surface area contributed by atoms with Crippen molar-refractivity contribution in [2.45, 2.75) is 150 Å². The van der Waals surface area contributed by atoms with Gasteiger partial charge in [0.2, 0.25) is 88.6 Å². The molecule has 0 spiro atoms. The molecule has 4 bridgehead atoms. The number of benzene rings is 2. The molecule has 4 aliphatic rings. The van der Waals surface area contributed by atoms with Gasteiger partial charge >= 0.3 is 11.9 Å². The van der Waals surface area contributed by atoms with E-state index in [9.17, 15) is 97.5 Å². The number of aliphatic carboxylic acids is 2. The topological polar surface area (TPSA) is 577 Å². The number of aliphatic hydroxyl groups is 1. The summed E-state index contributed by atoms with van der Waals surface area (Å²) in [5.74, 6) is -23.1. The van der Waals surface area contributed by atoms with E-state index < -0.39 is 246 Å². The minimum absolute atomic E-state index is 0.0259. The highest BCUT2D eigenvalue weighted by Crippen LogP contribution is 2.28. The quantitative estimate of drug-likeness (QED) is 0.0619. The summed E-state index contributed by atoms with van der Waals surface area (Å²) in [5, 5.41) is 83.0. The summed E-state index contributed by atoms with van der Waals surface area (Å²) < 4.78 is 0. The summed E-state index contributed by atoms with van der Waals surface area (Å²) >= 11 is 0. The molecule has 104 heavy (non-hydrogen) atoms. The molecule has 2 aromatic rings. The van der Waals surface area contributed by atoms with E-state index in [4.69, 9.17) is 5.73 Å². The van der Waals surface area contributed by atoms with Gasteiger partial charge in [0.25, 0.3) is 0 Å². The van der Waals surface area contributed by atoms with Crippen LogP contribution < -0.4 is 74.9 Å². The molecule has 20 N–H and O–H groups in total. The van der Waals surface area contributed by atoms with Gasteiger partial charge < -0.3 is 105 Å². The van der Waals surface area contributed by atoms with E-state index in [2.05, 4.69) is 69.1 Å². The molecule has 2 aromatic carbocycles. The third kappa shape index (κ3) is 26.7. The van der Waals surface area contributed by atoms with E-state index in [0.717, 1.165) is 72.7 Å². The second-order valence-electron chi connectivity index (χ2n) is 24.1. The van der Waals surface area contributed by atoms with Gasteiger partial charge in [-0.2, -0.15) is 0 Å². The molecular weight excluding hydrogens is 1490 g/mol. The lowest BCUT2D eigenvalue weighted by Gasteiger charge is -2.30. The van der Waals surface area contributed by atoms with E-state index in [1.807, 2.05) is 0 Å². The van der Waals surface area contributed by atoms with E-state index in [1.165, 1.54) is 55.5 Å². The average Bonchev–Trinajstić information content (AvgIpc) is 1.62. The summed E-state index contributed by atoms with van der Waals surface area (Å²) in [7, 11) is 4.56. The van der Waals surface area contributed by atoms with E-state index in [1.54, 1.807) is 0 Å². The molecule has 4 fully saturated rings. The molecule has 0 aromatic heterocycles. The van der Waals surface area contributed by atoms with Crippen molar-refractivity contribution >= 4 is 165 Å². The second-order valence-corrected chi connectivity index (χ2v) is 31.8. The largest absolute Gasteiger partial charge is 0.508 e. The summed E-state index contributed by atoms with van der Waals surface area (Å²) in [6.45, 7) is 2.19. The van der Waals surface area contributed by atoms with Crippen molar-refractivity contribution in [2.24, 2.45) is 5.73 Å². The predicted octanol–water partition coefficient (Wildman–Crippen LogP) is -5.76. The number of carboxylic acid groups (broad SMARTS) is 2. The maximum atomic E-state index is 15.2. The monoisotopic (exact) mass is 1570 g/mol. The highest BCUT2D eigenvalue weighted by Gasteiger charge is 2.42. The van der Waals surface area contributed by atoms with Gasteiger partial charge in [0.15, 0.2) is 0 Å². The smallest absolute Gasteiger partial charge is 0.326 e. The van der Waals surface area contributed by atoms with Crippen LogP contribution >= 0.6 is 64.8 Å². The third-order valence-corrected chi connectivity index (χ3v) is 23.2. The molecule has 6 rings (SSSR count). The van der Waals surface area contributed by atoms with E-state index in [0.29, 0.717) is 16.4 Å². The lowest BCUT2D eigenvalue weighted by Crippen LogP contribution is -2.62. The van der Waals surface area contributed by atoms with Crippen LogP contribution in [0.5, 0.6) is 11.5 Å². The van der Waals surface area contributed by atoms with Crippen LogP contribution in [0.2, 0.25) is 0 Å². The van der Waals surface area contributed by atoms with Gasteiger partial charge in [-0.25, -0.2) is 4.79 Å². The fraction of sp³-hybridized carbons (Fsp3) is 0.525. The first-order chi connectivity index (χ1) is 49.3. The number of carbonyl (C=O) groups excluding carboxylic acids is 15. The number of nitrogens with two attached hydrogens (primary N) is 1. The minimum Gasteiger partial charge on any atom is -0.508 e. The number of rotatable bonds is 14. The fourth-order valence-corrected chi connectivity index (χ4v) is 17.4. The first-order valence-corrected chi connectivity index (χ1v) is 39.6.